The number of para-hydroxylation sites is 1. The number of rotatable bonds is 6. The van der Waals surface area contributed by atoms with Crippen LogP contribution in [-0.2, 0) is 0 Å². The Hall–Kier alpha value is -8.15. The molecule has 0 amide bonds. The van der Waals surface area contributed by atoms with Crippen LogP contribution in [0.3, 0.4) is 0 Å². The van der Waals surface area contributed by atoms with E-state index in [0.29, 0.717) is 17.6 Å². The fraction of sp³-hybridized carbons (Fsp3) is 0. The van der Waals surface area contributed by atoms with Crippen LogP contribution in [0.25, 0.3) is 111 Å². The van der Waals surface area contributed by atoms with Crippen molar-refractivity contribution in [2.24, 2.45) is 0 Å². The molecular formula is C55H35N5. The Kier molecular flexibility index (Phi) is 7.78. The third-order valence-corrected chi connectivity index (χ3v) is 11.8. The summed E-state index contributed by atoms with van der Waals surface area (Å²) in [6.07, 6.45) is 0. The van der Waals surface area contributed by atoms with E-state index >= 15 is 0 Å². The van der Waals surface area contributed by atoms with Crippen LogP contribution in [-0.4, -0.2) is 24.1 Å². The molecule has 5 heteroatoms. The van der Waals surface area contributed by atoms with Gasteiger partial charge in [0.2, 0.25) is 5.95 Å². The Balaban J connectivity index is 1.15. The highest BCUT2D eigenvalue weighted by atomic mass is 15.2. The lowest BCUT2D eigenvalue weighted by atomic mass is 10.0. The van der Waals surface area contributed by atoms with Gasteiger partial charge in [-0.1, -0.05) is 176 Å². The summed E-state index contributed by atoms with van der Waals surface area (Å²) in [6, 6.07) is 75.1. The van der Waals surface area contributed by atoms with Gasteiger partial charge in [0.05, 0.1) is 22.1 Å². The summed E-state index contributed by atoms with van der Waals surface area (Å²) in [5.41, 5.74) is 12.0. The third kappa shape index (κ3) is 5.44. The molecular weight excluding hydrogens is 731 g/mol. The molecule has 0 radical (unpaired) electrons. The smallest absolute Gasteiger partial charge is 0.238 e. The average Bonchev–Trinajstić information content (AvgIpc) is 3.86. The van der Waals surface area contributed by atoms with Crippen molar-refractivity contribution in [1.29, 1.82) is 0 Å². The minimum atomic E-state index is 0.570. The summed E-state index contributed by atoms with van der Waals surface area (Å²) >= 11 is 0. The van der Waals surface area contributed by atoms with Crippen LogP contribution in [0, 0.1) is 0 Å². The Bertz CT molecular complexity index is 3570. The molecule has 0 aliphatic rings. The quantitative estimate of drug-likeness (QED) is 0.169. The molecule has 0 bridgehead atoms. The largest absolute Gasteiger partial charge is 0.309 e. The first-order valence-electron chi connectivity index (χ1n) is 20.3. The fourth-order valence-corrected chi connectivity index (χ4v) is 9.03. The lowest BCUT2D eigenvalue weighted by molar-refractivity contribution is 0.953. The van der Waals surface area contributed by atoms with E-state index < -0.39 is 0 Å². The van der Waals surface area contributed by atoms with Crippen LogP contribution in [0.1, 0.15) is 0 Å². The van der Waals surface area contributed by atoms with E-state index in [9.17, 15) is 0 Å². The zero-order valence-corrected chi connectivity index (χ0v) is 32.4. The number of hydrogen-bond acceptors (Lipinski definition) is 3. The molecule has 0 aliphatic carbocycles. The summed E-state index contributed by atoms with van der Waals surface area (Å²) in [7, 11) is 0. The van der Waals surface area contributed by atoms with Crippen LogP contribution in [0.2, 0.25) is 0 Å². The number of hydrogen-bond donors (Lipinski definition) is 0. The monoisotopic (exact) mass is 765 g/mol. The molecule has 12 aromatic rings. The van der Waals surface area contributed by atoms with Crippen molar-refractivity contribution in [2.45, 2.75) is 0 Å². The third-order valence-electron chi connectivity index (χ3n) is 11.8. The van der Waals surface area contributed by atoms with Gasteiger partial charge < -0.3 is 4.57 Å². The van der Waals surface area contributed by atoms with Gasteiger partial charge in [-0.2, -0.15) is 9.97 Å². The van der Waals surface area contributed by atoms with Crippen LogP contribution < -0.4 is 0 Å². The van der Waals surface area contributed by atoms with Crippen molar-refractivity contribution in [3.63, 3.8) is 0 Å². The predicted octanol–water partition coefficient (Wildman–Crippen LogP) is 13.9. The number of nitrogens with zero attached hydrogens (tertiary/aromatic N) is 5. The van der Waals surface area contributed by atoms with E-state index in [1.165, 1.54) is 38.2 Å². The zero-order chi connectivity index (χ0) is 39.6. The number of benzene rings is 9. The minimum Gasteiger partial charge on any atom is -0.309 e. The average molecular weight is 766 g/mol. The maximum absolute atomic E-state index is 5.29. The van der Waals surface area contributed by atoms with E-state index in [1.807, 2.05) is 24.3 Å². The molecule has 60 heavy (non-hydrogen) atoms. The van der Waals surface area contributed by atoms with Crippen LogP contribution in [0.15, 0.2) is 212 Å². The van der Waals surface area contributed by atoms with Crippen LogP contribution in [0.4, 0.5) is 0 Å². The summed E-state index contributed by atoms with van der Waals surface area (Å²) in [6.45, 7) is 0. The first-order chi connectivity index (χ1) is 29.8. The second-order valence-corrected chi connectivity index (χ2v) is 15.2. The summed E-state index contributed by atoms with van der Waals surface area (Å²) in [5.74, 6) is 1.81. The van der Waals surface area contributed by atoms with Gasteiger partial charge in [0, 0.05) is 38.4 Å². The first kappa shape index (κ1) is 33.9. The molecule has 12 rings (SSSR count). The van der Waals surface area contributed by atoms with E-state index in [-0.39, 0.29) is 0 Å². The Morgan fingerprint density at radius 1 is 0.283 bits per heavy atom. The Morgan fingerprint density at radius 3 is 1.48 bits per heavy atom. The minimum absolute atomic E-state index is 0.570. The van der Waals surface area contributed by atoms with E-state index in [1.54, 1.807) is 0 Å². The van der Waals surface area contributed by atoms with Crippen molar-refractivity contribution in [1.82, 2.24) is 24.1 Å². The lowest BCUT2D eigenvalue weighted by Gasteiger charge is -2.12. The van der Waals surface area contributed by atoms with E-state index in [2.05, 4.69) is 197 Å². The fourth-order valence-electron chi connectivity index (χ4n) is 9.03. The molecule has 0 spiro atoms. The molecule has 0 saturated heterocycles. The maximum atomic E-state index is 5.29. The molecule has 3 aromatic heterocycles. The van der Waals surface area contributed by atoms with Gasteiger partial charge in [-0.15, -0.1) is 0 Å². The van der Waals surface area contributed by atoms with Gasteiger partial charge in [0.15, 0.2) is 11.6 Å². The second kappa shape index (κ2) is 13.8. The van der Waals surface area contributed by atoms with Gasteiger partial charge in [0.25, 0.3) is 0 Å². The van der Waals surface area contributed by atoms with Crippen molar-refractivity contribution in [3.8, 4) is 56.7 Å². The van der Waals surface area contributed by atoms with Crippen molar-refractivity contribution >= 4 is 54.4 Å². The second-order valence-electron chi connectivity index (χ2n) is 15.2. The highest BCUT2D eigenvalue weighted by Gasteiger charge is 2.24. The zero-order valence-electron chi connectivity index (χ0n) is 32.4. The van der Waals surface area contributed by atoms with E-state index in [4.69, 9.17) is 15.0 Å². The Morgan fingerprint density at radius 2 is 0.767 bits per heavy atom. The molecule has 0 saturated carbocycles. The van der Waals surface area contributed by atoms with Gasteiger partial charge in [-0.3, -0.25) is 4.57 Å². The number of aromatic nitrogens is 5. The van der Waals surface area contributed by atoms with Crippen LogP contribution >= 0.6 is 0 Å². The van der Waals surface area contributed by atoms with Crippen molar-refractivity contribution in [2.75, 3.05) is 0 Å². The molecule has 0 atom stereocenters. The highest BCUT2D eigenvalue weighted by Crippen LogP contribution is 2.44. The van der Waals surface area contributed by atoms with Crippen molar-refractivity contribution < 1.29 is 0 Å². The normalized spacial score (nSPS) is 11.7. The molecule has 0 aliphatic heterocycles. The van der Waals surface area contributed by atoms with E-state index in [0.717, 1.165) is 55.2 Å². The molecule has 0 N–H and O–H groups in total. The summed E-state index contributed by atoms with van der Waals surface area (Å²) in [5, 5.41) is 7.15. The SMILES string of the molecule is c1ccc(-c2ccc(-c3nc(-c4ccccc4)nc(-n4c5ccccc5c5c6c7c8ccccc8ccc7n(-c7cccc(-c8ccccc8)c7)c6ccc54)n3)cc2)cc1. The van der Waals surface area contributed by atoms with Gasteiger partial charge in [-0.25, -0.2) is 4.98 Å². The molecule has 9 aromatic carbocycles. The molecule has 5 nitrogen and oxygen atoms in total. The van der Waals surface area contributed by atoms with Gasteiger partial charge in [0.1, 0.15) is 0 Å². The highest BCUT2D eigenvalue weighted by molar-refractivity contribution is 6.33. The standard InChI is InChI=1S/C55H35N5/c1-4-15-36(16-5-1)38-27-29-41(30-28-38)54-56-53(40-20-8-3-9-21-40)57-55(58-54)60-46-26-13-12-25-45(46)51-48(60)33-34-49-52(51)50-44-24-11-10-19-39(44)31-32-47(50)59(49)43-23-14-22-42(35-43)37-17-6-2-7-18-37/h1-35H. The molecule has 0 unspecified atom stereocenters. The topological polar surface area (TPSA) is 48.5 Å². The molecule has 3 heterocycles. The predicted molar refractivity (Wildman–Crippen MR) is 248 cm³/mol. The summed E-state index contributed by atoms with van der Waals surface area (Å²) in [4.78, 5) is 15.6. The Labute approximate surface area is 346 Å². The van der Waals surface area contributed by atoms with Gasteiger partial charge >= 0.3 is 0 Å². The van der Waals surface area contributed by atoms with Crippen molar-refractivity contribution in [3.05, 3.63) is 212 Å². The maximum Gasteiger partial charge on any atom is 0.238 e. The first-order valence-corrected chi connectivity index (χ1v) is 20.3. The number of fused-ring (bicyclic) bond motifs is 9. The van der Waals surface area contributed by atoms with Crippen LogP contribution in [0.5, 0.6) is 0 Å². The van der Waals surface area contributed by atoms with Gasteiger partial charge in [-0.05, 0) is 69.4 Å². The molecule has 0 fully saturated rings. The lowest BCUT2D eigenvalue weighted by Crippen LogP contribution is -2.06. The summed E-state index contributed by atoms with van der Waals surface area (Å²) < 4.78 is 4.66. The molecule has 280 valence electrons.